The van der Waals surface area contributed by atoms with Crippen LogP contribution in [0.5, 0.6) is 0 Å². The lowest BCUT2D eigenvalue weighted by Crippen LogP contribution is -2.10. The van der Waals surface area contributed by atoms with Crippen LogP contribution >= 0.6 is 11.6 Å². The van der Waals surface area contributed by atoms with Gasteiger partial charge in [-0.2, -0.15) is 0 Å². The third-order valence-corrected chi connectivity index (χ3v) is 2.31. The lowest BCUT2D eigenvalue weighted by molar-refractivity contribution is -0.131. The van der Waals surface area contributed by atoms with Gasteiger partial charge in [-0.05, 0) is 43.4 Å². The van der Waals surface area contributed by atoms with Gasteiger partial charge in [-0.1, -0.05) is 17.7 Å². The molecule has 0 spiro atoms. The molecule has 1 aromatic carbocycles. The van der Waals surface area contributed by atoms with E-state index in [4.69, 9.17) is 16.7 Å². The van der Waals surface area contributed by atoms with Crippen molar-refractivity contribution in [3.63, 3.8) is 0 Å². The van der Waals surface area contributed by atoms with E-state index in [0.717, 1.165) is 23.7 Å². The number of rotatable bonds is 4. The molecule has 0 aliphatic rings. The van der Waals surface area contributed by atoms with Crippen molar-refractivity contribution in [2.24, 2.45) is 0 Å². The van der Waals surface area contributed by atoms with Crippen molar-refractivity contribution in [3.8, 4) is 0 Å². The van der Waals surface area contributed by atoms with E-state index in [0.29, 0.717) is 5.02 Å². The molecular weight excluding hydrogens is 226 g/mol. The fraction of sp³-hybridized carbons (Fsp3) is 0.250. The molecule has 1 N–H and O–H groups in total. The molecule has 0 bridgehead atoms. The molecule has 0 aromatic heterocycles. The maximum atomic E-state index is 10.4. The zero-order valence-corrected chi connectivity index (χ0v) is 10.0. The van der Waals surface area contributed by atoms with E-state index in [1.54, 1.807) is 6.07 Å². The second kappa shape index (κ2) is 5.68. The summed E-state index contributed by atoms with van der Waals surface area (Å²) in [5.74, 6) is -0.978. The Hall–Kier alpha value is -1.32. The van der Waals surface area contributed by atoms with Gasteiger partial charge in [0.05, 0.1) is 0 Å². The van der Waals surface area contributed by atoms with Crippen LogP contribution in [-0.4, -0.2) is 30.1 Å². The summed E-state index contributed by atoms with van der Waals surface area (Å²) in [6.45, 7) is 0.797. The third-order valence-electron chi connectivity index (χ3n) is 1.96. The average molecular weight is 240 g/mol. The van der Waals surface area contributed by atoms with Gasteiger partial charge in [-0.3, -0.25) is 0 Å². The van der Waals surface area contributed by atoms with Crippen molar-refractivity contribution in [1.82, 2.24) is 4.90 Å². The zero-order valence-electron chi connectivity index (χ0n) is 9.27. The Kier molecular flexibility index (Phi) is 4.52. The Bertz CT molecular complexity index is 413. The number of carbonyl (C=O) groups is 1. The molecule has 0 aliphatic carbocycles. The number of aliphatic carboxylic acids is 1. The summed E-state index contributed by atoms with van der Waals surface area (Å²) in [5.41, 5.74) is 1.82. The van der Waals surface area contributed by atoms with Crippen LogP contribution in [0.3, 0.4) is 0 Å². The maximum Gasteiger partial charge on any atom is 0.328 e. The fourth-order valence-electron chi connectivity index (χ4n) is 1.35. The summed E-state index contributed by atoms with van der Waals surface area (Å²) in [6.07, 6.45) is 2.59. The van der Waals surface area contributed by atoms with E-state index in [1.807, 2.05) is 31.1 Å². The van der Waals surface area contributed by atoms with E-state index < -0.39 is 5.97 Å². The molecule has 0 saturated heterocycles. The first-order chi connectivity index (χ1) is 7.49. The smallest absolute Gasteiger partial charge is 0.328 e. The van der Waals surface area contributed by atoms with Crippen LogP contribution < -0.4 is 0 Å². The van der Waals surface area contributed by atoms with Crippen LogP contribution in [-0.2, 0) is 11.3 Å². The summed E-state index contributed by atoms with van der Waals surface area (Å²) < 4.78 is 0. The van der Waals surface area contributed by atoms with Gasteiger partial charge >= 0.3 is 5.97 Å². The van der Waals surface area contributed by atoms with Crippen molar-refractivity contribution in [3.05, 3.63) is 40.4 Å². The molecule has 0 unspecified atom stereocenters. The second-order valence-corrected chi connectivity index (χ2v) is 4.17. The van der Waals surface area contributed by atoms with E-state index >= 15 is 0 Å². The molecule has 16 heavy (non-hydrogen) atoms. The Balaban J connectivity index is 2.94. The zero-order chi connectivity index (χ0) is 12.1. The van der Waals surface area contributed by atoms with E-state index in [-0.39, 0.29) is 0 Å². The molecule has 0 atom stereocenters. The van der Waals surface area contributed by atoms with Crippen molar-refractivity contribution in [2.75, 3.05) is 14.1 Å². The van der Waals surface area contributed by atoms with Crippen LogP contribution in [0, 0.1) is 0 Å². The number of nitrogens with zero attached hydrogens (tertiary/aromatic N) is 1. The minimum Gasteiger partial charge on any atom is -0.478 e. The summed E-state index contributed by atoms with van der Waals surface area (Å²) in [7, 11) is 3.95. The monoisotopic (exact) mass is 239 g/mol. The van der Waals surface area contributed by atoms with Crippen molar-refractivity contribution >= 4 is 23.6 Å². The Morgan fingerprint density at radius 3 is 2.75 bits per heavy atom. The molecule has 86 valence electrons. The molecule has 1 aromatic rings. The molecule has 0 saturated carbocycles. The number of halogens is 1. The first kappa shape index (κ1) is 12.7. The largest absolute Gasteiger partial charge is 0.478 e. The summed E-state index contributed by atoms with van der Waals surface area (Å²) in [4.78, 5) is 12.4. The van der Waals surface area contributed by atoms with Crippen LogP contribution in [0.25, 0.3) is 6.08 Å². The highest BCUT2D eigenvalue weighted by Gasteiger charge is 2.01. The van der Waals surface area contributed by atoms with E-state index in [2.05, 4.69) is 0 Å². The minimum atomic E-state index is -0.978. The Morgan fingerprint density at radius 1 is 1.50 bits per heavy atom. The fourth-order valence-corrected chi connectivity index (χ4v) is 1.53. The summed E-state index contributed by atoms with van der Waals surface area (Å²) in [6, 6.07) is 5.60. The van der Waals surface area contributed by atoms with Gasteiger partial charge in [-0.15, -0.1) is 0 Å². The second-order valence-electron chi connectivity index (χ2n) is 3.77. The van der Waals surface area contributed by atoms with Gasteiger partial charge in [0.15, 0.2) is 0 Å². The summed E-state index contributed by atoms with van der Waals surface area (Å²) >= 11 is 5.96. The lowest BCUT2D eigenvalue weighted by atomic mass is 10.1. The highest BCUT2D eigenvalue weighted by atomic mass is 35.5. The lowest BCUT2D eigenvalue weighted by Gasteiger charge is -2.10. The van der Waals surface area contributed by atoms with Gasteiger partial charge in [0.25, 0.3) is 0 Å². The number of hydrogen-bond acceptors (Lipinski definition) is 2. The number of benzene rings is 1. The van der Waals surface area contributed by atoms with Crippen molar-refractivity contribution in [2.45, 2.75) is 6.54 Å². The van der Waals surface area contributed by atoms with Crippen molar-refractivity contribution < 1.29 is 9.90 Å². The van der Waals surface area contributed by atoms with Crippen LogP contribution in [0.2, 0.25) is 5.02 Å². The van der Waals surface area contributed by atoms with E-state index in [9.17, 15) is 4.79 Å². The molecule has 0 aliphatic heterocycles. The number of carboxylic acid groups (broad SMARTS) is 1. The minimum absolute atomic E-state index is 0.556. The molecule has 3 nitrogen and oxygen atoms in total. The standard InChI is InChI=1S/C12H14ClNO2/c1-14(2)8-9-3-5-11(13)10(7-9)4-6-12(15)16/h3-7H,8H2,1-2H3,(H,15,16). The van der Waals surface area contributed by atoms with Crippen LogP contribution in [0.15, 0.2) is 24.3 Å². The molecule has 1 rings (SSSR count). The van der Waals surface area contributed by atoms with Gasteiger partial charge in [0, 0.05) is 17.6 Å². The predicted octanol–water partition coefficient (Wildman–Crippen LogP) is 2.50. The van der Waals surface area contributed by atoms with Crippen LogP contribution in [0.1, 0.15) is 11.1 Å². The third kappa shape index (κ3) is 4.04. The maximum absolute atomic E-state index is 10.4. The topological polar surface area (TPSA) is 40.5 Å². The SMILES string of the molecule is CN(C)Cc1ccc(Cl)c(C=CC(=O)O)c1. The first-order valence-electron chi connectivity index (χ1n) is 4.83. The Labute approximate surface area is 100.0 Å². The molecule has 0 heterocycles. The van der Waals surface area contributed by atoms with E-state index in [1.165, 1.54) is 6.08 Å². The first-order valence-corrected chi connectivity index (χ1v) is 5.21. The van der Waals surface area contributed by atoms with Gasteiger partial charge in [0.1, 0.15) is 0 Å². The number of carboxylic acids is 1. The molecule has 0 fully saturated rings. The van der Waals surface area contributed by atoms with Gasteiger partial charge < -0.3 is 10.0 Å². The molecular formula is C12H14ClNO2. The predicted molar refractivity (Wildman–Crippen MR) is 65.5 cm³/mol. The average Bonchev–Trinajstić information content (AvgIpc) is 2.18. The molecule has 0 amide bonds. The highest BCUT2D eigenvalue weighted by Crippen LogP contribution is 2.19. The van der Waals surface area contributed by atoms with Gasteiger partial charge in [-0.25, -0.2) is 4.79 Å². The Morgan fingerprint density at radius 2 is 2.19 bits per heavy atom. The van der Waals surface area contributed by atoms with Crippen molar-refractivity contribution in [1.29, 1.82) is 0 Å². The normalized spacial score (nSPS) is 11.2. The molecule has 4 heteroatoms. The van der Waals surface area contributed by atoms with Crippen LogP contribution in [0.4, 0.5) is 0 Å². The molecule has 0 radical (unpaired) electrons. The number of hydrogen-bond donors (Lipinski definition) is 1. The summed E-state index contributed by atoms with van der Waals surface area (Å²) in [5, 5.41) is 9.10. The highest BCUT2D eigenvalue weighted by molar-refractivity contribution is 6.32. The van der Waals surface area contributed by atoms with Gasteiger partial charge in [0.2, 0.25) is 0 Å². The quantitative estimate of drug-likeness (QED) is 0.821.